The van der Waals surface area contributed by atoms with Crippen molar-refractivity contribution in [2.75, 3.05) is 12.4 Å². The molecule has 0 spiro atoms. The van der Waals surface area contributed by atoms with Crippen LogP contribution in [-0.4, -0.2) is 30.9 Å². The highest BCUT2D eigenvalue weighted by Gasteiger charge is 2.19. The Kier molecular flexibility index (Phi) is 6.49. The lowest BCUT2D eigenvalue weighted by Gasteiger charge is -2.14. The van der Waals surface area contributed by atoms with Crippen molar-refractivity contribution >= 4 is 23.3 Å². The Morgan fingerprint density at radius 2 is 1.81 bits per heavy atom. The summed E-state index contributed by atoms with van der Waals surface area (Å²) in [6.45, 7) is 2.94. The largest absolute Gasteiger partial charge is 0.496 e. The molecule has 6 heteroatoms. The minimum atomic E-state index is -0.974. The number of esters is 1. The van der Waals surface area contributed by atoms with Gasteiger partial charge >= 0.3 is 5.97 Å². The summed E-state index contributed by atoms with van der Waals surface area (Å²) in [5.74, 6) is -0.520. The molecule has 26 heavy (non-hydrogen) atoms. The topological polar surface area (TPSA) is 81.7 Å². The van der Waals surface area contributed by atoms with Crippen molar-refractivity contribution < 1.29 is 23.9 Å². The number of anilines is 1. The van der Waals surface area contributed by atoms with E-state index in [2.05, 4.69) is 5.32 Å². The normalized spacial score (nSPS) is 11.3. The zero-order valence-electron chi connectivity index (χ0n) is 14.9. The van der Waals surface area contributed by atoms with Crippen molar-refractivity contribution in [1.29, 1.82) is 0 Å². The van der Waals surface area contributed by atoms with Gasteiger partial charge in [-0.1, -0.05) is 30.3 Å². The van der Waals surface area contributed by atoms with Crippen LogP contribution in [0.5, 0.6) is 5.75 Å². The Labute approximate surface area is 152 Å². The number of para-hydroxylation sites is 1. The lowest BCUT2D eigenvalue weighted by Crippen LogP contribution is -2.30. The lowest BCUT2D eigenvalue weighted by atomic mass is 10.1. The van der Waals surface area contributed by atoms with E-state index in [0.29, 0.717) is 22.6 Å². The number of ketones is 1. The molecule has 0 fully saturated rings. The second-order valence-corrected chi connectivity index (χ2v) is 5.75. The van der Waals surface area contributed by atoms with E-state index in [0.717, 1.165) is 0 Å². The number of methoxy groups -OCH3 is 1. The van der Waals surface area contributed by atoms with Gasteiger partial charge in [0.05, 0.1) is 13.5 Å². The maximum absolute atomic E-state index is 12.2. The van der Waals surface area contributed by atoms with E-state index in [9.17, 15) is 14.4 Å². The van der Waals surface area contributed by atoms with Gasteiger partial charge in [-0.25, -0.2) is 0 Å². The summed E-state index contributed by atoms with van der Waals surface area (Å²) in [4.78, 5) is 35.7. The number of amides is 1. The van der Waals surface area contributed by atoms with Gasteiger partial charge in [0, 0.05) is 16.8 Å². The summed E-state index contributed by atoms with van der Waals surface area (Å²) < 4.78 is 10.4. The van der Waals surface area contributed by atoms with Crippen LogP contribution in [0.4, 0.5) is 5.69 Å². The average Bonchev–Trinajstić information content (AvgIpc) is 2.62. The van der Waals surface area contributed by atoms with Crippen molar-refractivity contribution in [3.8, 4) is 5.75 Å². The van der Waals surface area contributed by atoms with Crippen LogP contribution < -0.4 is 10.1 Å². The zero-order valence-corrected chi connectivity index (χ0v) is 14.9. The fourth-order valence-electron chi connectivity index (χ4n) is 2.36. The summed E-state index contributed by atoms with van der Waals surface area (Å²) in [5.41, 5.74) is 1.64. The van der Waals surface area contributed by atoms with Crippen LogP contribution in [-0.2, 0) is 20.7 Å². The second kappa shape index (κ2) is 8.80. The lowest BCUT2D eigenvalue weighted by molar-refractivity contribution is -0.152. The highest BCUT2D eigenvalue weighted by atomic mass is 16.5. The molecular weight excluding hydrogens is 334 g/mol. The van der Waals surface area contributed by atoms with E-state index in [1.807, 2.05) is 0 Å². The van der Waals surface area contributed by atoms with Gasteiger partial charge in [0.2, 0.25) is 0 Å². The minimum Gasteiger partial charge on any atom is -0.496 e. The van der Waals surface area contributed by atoms with Gasteiger partial charge < -0.3 is 14.8 Å². The fourth-order valence-corrected chi connectivity index (χ4v) is 2.36. The number of benzene rings is 2. The standard InChI is InChI=1S/C20H21NO5/c1-13(22)15-8-6-9-17(11-15)21-20(24)14(2)26-19(23)12-16-7-4-5-10-18(16)25-3/h4-11,14H,12H2,1-3H3,(H,21,24)/t14-/m1/s1. The van der Waals surface area contributed by atoms with Gasteiger partial charge in [-0.2, -0.15) is 0 Å². The summed E-state index contributed by atoms with van der Waals surface area (Å²) >= 11 is 0. The predicted octanol–water partition coefficient (Wildman–Crippen LogP) is 3.01. The minimum absolute atomic E-state index is 0.00144. The van der Waals surface area contributed by atoms with E-state index in [1.54, 1.807) is 48.5 Å². The highest BCUT2D eigenvalue weighted by Crippen LogP contribution is 2.18. The van der Waals surface area contributed by atoms with Gasteiger partial charge in [0.25, 0.3) is 5.91 Å². The Morgan fingerprint density at radius 3 is 2.50 bits per heavy atom. The van der Waals surface area contributed by atoms with E-state index in [1.165, 1.54) is 21.0 Å². The van der Waals surface area contributed by atoms with Crippen LogP contribution in [0.3, 0.4) is 0 Å². The van der Waals surface area contributed by atoms with Crippen molar-refractivity contribution in [1.82, 2.24) is 0 Å². The third-order valence-electron chi connectivity index (χ3n) is 3.74. The quantitative estimate of drug-likeness (QED) is 0.610. The smallest absolute Gasteiger partial charge is 0.311 e. The zero-order chi connectivity index (χ0) is 19.1. The molecule has 0 aliphatic carbocycles. The van der Waals surface area contributed by atoms with Gasteiger partial charge in [-0.3, -0.25) is 14.4 Å². The molecule has 0 bridgehead atoms. The van der Waals surface area contributed by atoms with Crippen LogP contribution in [0.15, 0.2) is 48.5 Å². The van der Waals surface area contributed by atoms with Crippen LogP contribution in [0, 0.1) is 0 Å². The molecule has 1 amide bonds. The van der Waals surface area contributed by atoms with Gasteiger partial charge in [-0.15, -0.1) is 0 Å². The van der Waals surface area contributed by atoms with E-state index < -0.39 is 18.0 Å². The summed E-state index contributed by atoms with van der Waals surface area (Å²) in [6, 6.07) is 13.7. The molecule has 2 aromatic carbocycles. The van der Waals surface area contributed by atoms with Gasteiger partial charge in [0.15, 0.2) is 11.9 Å². The van der Waals surface area contributed by atoms with Crippen LogP contribution in [0.2, 0.25) is 0 Å². The third-order valence-corrected chi connectivity index (χ3v) is 3.74. The Bertz CT molecular complexity index is 815. The SMILES string of the molecule is COc1ccccc1CC(=O)O[C@H](C)C(=O)Nc1cccc(C(C)=O)c1. The maximum Gasteiger partial charge on any atom is 0.311 e. The Hall–Kier alpha value is -3.15. The molecule has 2 aromatic rings. The first kappa shape index (κ1) is 19.2. The first-order chi connectivity index (χ1) is 12.4. The Morgan fingerprint density at radius 1 is 1.08 bits per heavy atom. The molecule has 0 aliphatic rings. The number of carbonyl (C=O) groups excluding carboxylic acids is 3. The van der Waals surface area contributed by atoms with Gasteiger partial charge in [0.1, 0.15) is 5.75 Å². The molecular formula is C20H21NO5. The van der Waals surface area contributed by atoms with Crippen LogP contribution >= 0.6 is 0 Å². The molecule has 2 rings (SSSR count). The molecule has 1 N–H and O–H groups in total. The van der Waals surface area contributed by atoms with Crippen molar-refractivity contribution in [3.63, 3.8) is 0 Å². The molecule has 1 atom stereocenters. The number of Topliss-reactive ketones (excluding diaryl/α,β-unsaturated/α-hetero) is 1. The number of carbonyl (C=O) groups is 3. The monoisotopic (exact) mass is 355 g/mol. The van der Waals surface area contributed by atoms with Crippen molar-refractivity contribution in [2.45, 2.75) is 26.4 Å². The number of ether oxygens (including phenoxy) is 2. The first-order valence-corrected chi connectivity index (χ1v) is 8.14. The van der Waals surface area contributed by atoms with Crippen LogP contribution in [0.25, 0.3) is 0 Å². The number of hydrogen-bond donors (Lipinski definition) is 1. The van der Waals surface area contributed by atoms with Crippen molar-refractivity contribution in [2.24, 2.45) is 0 Å². The molecule has 136 valence electrons. The molecule has 0 saturated heterocycles. The second-order valence-electron chi connectivity index (χ2n) is 5.75. The number of nitrogens with one attached hydrogen (secondary N) is 1. The third kappa shape index (κ3) is 5.17. The molecule has 0 aliphatic heterocycles. The average molecular weight is 355 g/mol. The van der Waals surface area contributed by atoms with E-state index >= 15 is 0 Å². The molecule has 0 saturated carbocycles. The highest BCUT2D eigenvalue weighted by molar-refractivity contribution is 5.98. The fraction of sp³-hybridized carbons (Fsp3) is 0.250. The van der Waals surface area contributed by atoms with E-state index in [4.69, 9.17) is 9.47 Å². The van der Waals surface area contributed by atoms with Gasteiger partial charge in [-0.05, 0) is 32.0 Å². The number of rotatable bonds is 7. The predicted molar refractivity (Wildman–Crippen MR) is 97.3 cm³/mol. The molecule has 0 unspecified atom stereocenters. The van der Waals surface area contributed by atoms with E-state index in [-0.39, 0.29) is 12.2 Å². The summed E-state index contributed by atoms with van der Waals surface area (Å²) in [6.07, 6.45) is -0.972. The maximum atomic E-state index is 12.2. The Balaban J connectivity index is 1.95. The summed E-state index contributed by atoms with van der Waals surface area (Å²) in [7, 11) is 1.52. The first-order valence-electron chi connectivity index (χ1n) is 8.14. The summed E-state index contributed by atoms with van der Waals surface area (Å²) in [5, 5.41) is 2.64. The van der Waals surface area contributed by atoms with Crippen molar-refractivity contribution in [3.05, 3.63) is 59.7 Å². The van der Waals surface area contributed by atoms with Crippen LogP contribution in [0.1, 0.15) is 29.8 Å². The molecule has 0 aromatic heterocycles. The molecule has 0 radical (unpaired) electrons. The number of hydrogen-bond acceptors (Lipinski definition) is 5. The molecule has 0 heterocycles. The molecule has 6 nitrogen and oxygen atoms in total.